The standard InChI is InChI=1S/C21H15NO3/c23-21(15-6-16-4-2-1-3-5-16)19-9-7-17(8-10-19)18-11-13-20(14-12-18)22(24)25/h1-15H/b15-6+. The Labute approximate surface area is 145 Å². The summed E-state index contributed by atoms with van der Waals surface area (Å²) in [5.41, 5.74) is 3.39. The van der Waals surface area contributed by atoms with E-state index in [1.165, 1.54) is 12.1 Å². The molecule has 4 heteroatoms. The van der Waals surface area contributed by atoms with Gasteiger partial charge in [0.25, 0.3) is 5.69 Å². The zero-order chi connectivity index (χ0) is 17.6. The number of nitro groups is 1. The van der Waals surface area contributed by atoms with E-state index < -0.39 is 4.92 Å². The lowest BCUT2D eigenvalue weighted by Crippen LogP contribution is -1.94. The molecule has 4 nitrogen and oxygen atoms in total. The van der Waals surface area contributed by atoms with Gasteiger partial charge in [0.2, 0.25) is 0 Å². The highest BCUT2D eigenvalue weighted by Gasteiger charge is 2.06. The maximum Gasteiger partial charge on any atom is 0.269 e. The molecule has 0 aliphatic carbocycles. The number of hydrogen-bond donors (Lipinski definition) is 0. The molecule has 0 aliphatic rings. The minimum Gasteiger partial charge on any atom is -0.289 e. The van der Waals surface area contributed by atoms with E-state index in [9.17, 15) is 14.9 Å². The van der Waals surface area contributed by atoms with Crippen LogP contribution >= 0.6 is 0 Å². The van der Waals surface area contributed by atoms with E-state index in [0.717, 1.165) is 16.7 Å². The van der Waals surface area contributed by atoms with Crippen LogP contribution in [-0.2, 0) is 0 Å². The van der Waals surface area contributed by atoms with Crippen LogP contribution in [0.4, 0.5) is 5.69 Å². The Bertz CT molecular complexity index is 912. The van der Waals surface area contributed by atoms with Gasteiger partial charge in [0.1, 0.15) is 0 Å². The maximum absolute atomic E-state index is 12.2. The van der Waals surface area contributed by atoms with Gasteiger partial charge >= 0.3 is 0 Å². The molecule has 0 fully saturated rings. The smallest absolute Gasteiger partial charge is 0.269 e. The van der Waals surface area contributed by atoms with Crippen molar-refractivity contribution in [2.24, 2.45) is 0 Å². The van der Waals surface area contributed by atoms with Gasteiger partial charge < -0.3 is 0 Å². The average molecular weight is 329 g/mol. The molecule has 0 heterocycles. The third-order valence-electron chi connectivity index (χ3n) is 3.81. The van der Waals surface area contributed by atoms with Crippen LogP contribution in [0.2, 0.25) is 0 Å². The highest BCUT2D eigenvalue weighted by atomic mass is 16.6. The molecule has 0 saturated carbocycles. The summed E-state index contributed by atoms with van der Waals surface area (Å²) in [5.74, 6) is -0.0703. The van der Waals surface area contributed by atoms with Crippen LogP contribution in [0.15, 0.2) is 84.9 Å². The fraction of sp³-hybridized carbons (Fsp3) is 0. The molecule has 3 rings (SSSR count). The first-order valence-electron chi connectivity index (χ1n) is 7.76. The highest BCUT2D eigenvalue weighted by molar-refractivity contribution is 6.07. The van der Waals surface area contributed by atoms with Crippen molar-refractivity contribution in [3.63, 3.8) is 0 Å². The molecule has 0 aliphatic heterocycles. The van der Waals surface area contributed by atoms with Crippen molar-refractivity contribution in [2.75, 3.05) is 0 Å². The minimum atomic E-state index is -0.426. The van der Waals surface area contributed by atoms with E-state index in [1.54, 1.807) is 36.4 Å². The maximum atomic E-state index is 12.2. The van der Waals surface area contributed by atoms with Crippen LogP contribution in [0.1, 0.15) is 15.9 Å². The SMILES string of the molecule is O=C(/C=C/c1ccccc1)c1ccc(-c2ccc([N+](=O)[O-])cc2)cc1. The molecule has 0 aromatic heterocycles. The molecule has 0 spiro atoms. The normalized spacial score (nSPS) is 10.7. The molecular formula is C21H15NO3. The van der Waals surface area contributed by atoms with E-state index in [1.807, 2.05) is 42.5 Å². The number of nitrogens with zero attached hydrogens (tertiary/aromatic N) is 1. The summed E-state index contributed by atoms with van der Waals surface area (Å²) >= 11 is 0. The van der Waals surface area contributed by atoms with Gasteiger partial charge in [-0.25, -0.2) is 0 Å². The highest BCUT2D eigenvalue weighted by Crippen LogP contribution is 2.23. The van der Waals surface area contributed by atoms with E-state index in [0.29, 0.717) is 5.56 Å². The first-order valence-corrected chi connectivity index (χ1v) is 7.76. The van der Waals surface area contributed by atoms with Crippen LogP contribution in [0.3, 0.4) is 0 Å². The third-order valence-corrected chi connectivity index (χ3v) is 3.81. The summed E-state index contributed by atoms with van der Waals surface area (Å²) in [4.78, 5) is 22.5. The number of nitro benzene ring substituents is 1. The molecule has 0 unspecified atom stereocenters. The van der Waals surface area contributed by atoms with E-state index in [2.05, 4.69) is 0 Å². The Hall–Kier alpha value is -3.53. The monoisotopic (exact) mass is 329 g/mol. The fourth-order valence-electron chi connectivity index (χ4n) is 2.43. The van der Waals surface area contributed by atoms with Crippen LogP contribution in [-0.4, -0.2) is 10.7 Å². The van der Waals surface area contributed by atoms with Gasteiger partial charge in [0, 0.05) is 17.7 Å². The number of carbonyl (C=O) groups is 1. The summed E-state index contributed by atoms with van der Waals surface area (Å²) in [6.07, 6.45) is 3.34. The Balaban J connectivity index is 1.74. The lowest BCUT2D eigenvalue weighted by atomic mass is 10.0. The van der Waals surface area contributed by atoms with E-state index in [-0.39, 0.29) is 11.5 Å². The van der Waals surface area contributed by atoms with E-state index in [4.69, 9.17) is 0 Å². The van der Waals surface area contributed by atoms with Gasteiger partial charge in [-0.2, -0.15) is 0 Å². The Morgan fingerprint density at radius 2 is 1.36 bits per heavy atom. The number of ketones is 1. The quantitative estimate of drug-likeness (QED) is 0.281. The number of allylic oxidation sites excluding steroid dienone is 1. The summed E-state index contributed by atoms with van der Waals surface area (Å²) in [6, 6.07) is 23.2. The van der Waals surface area contributed by atoms with Crippen molar-refractivity contribution >= 4 is 17.5 Å². The molecule has 122 valence electrons. The average Bonchev–Trinajstić information content (AvgIpc) is 2.67. The van der Waals surface area contributed by atoms with Crippen LogP contribution in [0.25, 0.3) is 17.2 Å². The van der Waals surface area contributed by atoms with Crippen molar-refractivity contribution in [1.29, 1.82) is 0 Å². The number of rotatable bonds is 5. The Morgan fingerprint density at radius 3 is 1.92 bits per heavy atom. The molecule has 0 radical (unpaired) electrons. The number of non-ortho nitro benzene ring substituents is 1. The topological polar surface area (TPSA) is 60.2 Å². The molecule has 0 N–H and O–H groups in total. The second-order valence-electron chi connectivity index (χ2n) is 5.49. The molecular weight excluding hydrogens is 314 g/mol. The molecule has 0 saturated heterocycles. The van der Waals surface area contributed by atoms with Crippen LogP contribution in [0, 0.1) is 10.1 Å². The van der Waals surface area contributed by atoms with Gasteiger partial charge in [-0.05, 0) is 34.9 Å². The zero-order valence-electron chi connectivity index (χ0n) is 13.3. The van der Waals surface area contributed by atoms with Crippen molar-refractivity contribution < 1.29 is 9.72 Å². The van der Waals surface area contributed by atoms with E-state index >= 15 is 0 Å². The molecule has 3 aromatic carbocycles. The second-order valence-corrected chi connectivity index (χ2v) is 5.49. The number of benzene rings is 3. The van der Waals surface area contributed by atoms with Crippen molar-refractivity contribution in [3.05, 3.63) is 106 Å². The number of carbonyl (C=O) groups excluding carboxylic acids is 1. The Morgan fingerprint density at radius 1 is 0.800 bits per heavy atom. The van der Waals surface area contributed by atoms with Crippen molar-refractivity contribution in [3.8, 4) is 11.1 Å². The van der Waals surface area contributed by atoms with Gasteiger partial charge in [0.15, 0.2) is 5.78 Å². The molecule has 0 bridgehead atoms. The van der Waals surface area contributed by atoms with Crippen LogP contribution < -0.4 is 0 Å². The molecule has 0 amide bonds. The van der Waals surface area contributed by atoms with Gasteiger partial charge in [0.05, 0.1) is 4.92 Å². The number of hydrogen-bond acceptors (Lipinski definition) is 3. The first-order chi connectivity index (χ1) is 12.1. The minimum absolute atomic E-state index is 0.0570. The summed E-state index contributed by atoms with van der Waals surface area (Å²) in [5, 5.41) is 10.7. The predicted molar refractivity (Wildman–Crippen MR) is 98.3 cm³/mol. The van der Waals surface area contributed by atoms with Gasteiger partial charge in [-0.3, -0.25) is 14.9 Å². The van der Waals surface area contributed by atoms with Crippen molar-refractivity contribution in [1.82, 2.24) is 0 Å². The lowest BCUT2D eigenvalue weighted by molar-refractivity contribution is -0.384. The van der Waals surface area contributed by atoms with Gasteiger partial charge in [-0.15, -0.1) is 0 Å². The fourth-order valence-corrected chi connectivity index (χ4v) is 2.43. The largest absolute Gasteiger partial charge is 0.289 e. The van der Waals surface area contributed by atoms with Crippen molar-refractivity contribution in [2.45, 2.75) is 0 Å². The van der Waals surface area contributed by atoms with Gasteiger partial charge in [-0.1, -0.05) is 60.7 Å². The summed E-state index contributed by atoms with van der Waals surface area (Å²) < 4.78 is 0. The molecule has 25 heavy (non-hydrogen) atoms. The first kappa shape index (κ1) is 16.3. The predicted octanol–water partition coefficient (Wildman–Crippen LogP) is 5.16. The lowest BCUT2D eigenvalue weighted by Gasteiger charge is -2.03. The molecule has 0 atom stereocenters. The van der Waals surface area contributed by atoms with Crippen LogP contribution in [0.5, 0.6) is 0 Å². The Kier molecular flexibility index (Phi) is 4.81. The second kappa shape index (κ2) is 7.36. The zero-order valence-corrected chi connectivity index (χ0v) is 13.3. The summed E-state index contributed by atoms with van der Waals surface area (Å²) in [7, 11) is 0. The third kappa shape index (κ3) is 4.06. The molecule has 3 aromatic rings. The summed E-state index contributed by atoms with van der Waals surface area (Å²) in [6.45, 7) is 0.